The van der Waals surface area contributed by atoms with Crippen molar-refractivity contribution in [2.75, 3.05) is 19.3 Å². The molecule has 0 aliphatic carbocycles. The van der Waals surface area contributed by atoms with Gasteiger partial charge < -0.3 is 11.1 Å². The molecule has 0 saturated heterocycles. The number of amides is 2. The lowest BCUT2D eigenvalue weighted by Gasteiger charge is -2.08. The van der Waals surface area contributed by atoms with E-state index < -0.39 is 15.9 Å². The first kappa shape index (κ1) is 18.6. The van der Waals surface area contributed by atoms with Crippen molar-refractivity contribution < 1.29 is 18.0 Å². The Morgan fingerprint density at radius 1 is 0.960 bits per heavy atom. The van der Waals surface area contributed by atoms with Gasteiger partial charge in [-0.25, -0.2) is 13.1 Å². The van der Waals surface area contributed by atoms with Gasteiger partial charge in [0, 0.05) is 24.2 Å². The Morgan fingerprint density at radius 2 is 1.64 bits per heavy atom. The number of carbonyl (C=O) groups excluding carboxylic acids is 2. The maximum absolute atomic E-state index is 12.1. The van der Waals surface area contributed by atoms with Gasteiger partial charge in [-0.2, -0.15) is 0 Å². The molecule has 0 aliphatic rings. The lowest BCUT2D eigenvalue weighted by Crippen LogP contribution is -2.34. The average Bonchev–Trinajstić information content (AvgIpc) is 2.58. The van der Waals surface area contributed by atoms with Crippen LogP contribution in [0.4, 0.5) is 0 Å². The molecule has 0 aliphatic heterocycles. The summed E-state index contributed by atoms with van der Waals surface area (Å²) >= 11 is 0. The van der Waals surface area contributed by atoms with Gasteiger partial charge in [0.15, 0.2) is 0 Å². The molecule has 0 unspecified atom stereocenters. The van der Waals surface area contributed by atoms with E-state index >= 15 is 0 Å². The van der Waals surface area contributed by atoms with Crippen molar-refractivity contribution >= 4 is 21.8 Å². The van der Waals surface area contributed by atoms with E-state index in [1.165, 1.54) is 0 Å². The first-order chi connectivity index (χ1) is 11.8. The largest absolute Gasteiger partial charge is 0.366 e. The highest BCUT2D eigenvalue weighted by Crippen LogP contribution is 2.21. The zero-order valence-corrected chi connectivity index (χ0v) is 14.5. The average molecular weight is 361 g/mol. The van der Waals surface area contributed by atoms with Crippen LogP contribution < -0.4 is 15.8 Å². The normalized spacial score (nSPS) is 11.1. The second-order valence-electron chi connectivity index (χ2n) is 5.44. The van der Waals surface area contributed by atoms with Crippen molar-refractivity contribution in [1.82, 2.24) is 10.0 Å². The van der Waals surface area contributed by atoms with Gasteiger partial charge in [0.2, 0.25) is 15.9 Å². The Morgan fingerprint density at radius 3 is 2.24 bits per heavy atom. The SMILES string of the molecule is CS(=O)(=O)NCCNC(=O)c1cccc(-c2ccc(C(N)=O)cc2)c1. The van der Waals surface area contributed by atoms with Crippen molar-refractivity contribution in [1.29, 1.82) is 0 Å². The number of primary amides is 1. The fourth-order valence-corrected chi connectivity index (χ4v) is 2.65. The van der Waals surface area contributed by atoms with Crippen LogP contribution in [0.2, 0.25) is 0 Å². The van der Waals surface area contributed by atoms with Crippen LogP contribution >= 0.6 is 0 Å². The predicted octanol–water partition coefficient (Wildman–Crippen LogP) is 0.732. The zero-order valence-electron chi connectivity index (χ0n) is 13.7. The summed E-state index contributed by atoms with van der Waals surface area (Å²) in [7, 11) is -3.27. The maximum atomic E-state index is 12.1. The molecule has 0 heterocycles. The molecular formula is C17H19N3O4S. The van der Waals surface area contributed by atoms with Crippen LogP contribution in [-0.2, 0) is 10.0 Å². The molecule has 0 radical (unpaired) electrons. The number of hydrogen-bond donors (Lipinski definition) is 3. The summed E-state index contributed by atoms with van der Waals surface area (Å²) in [6, 6.07) is 13.8. The number of carbonyl (C=O) groups is 2. The van der Waals surface area contributed by atoms with E-state index in [-0.39, 0.29) is 19.0 Å². The van der Waals surface area contributed by atoms with Gasteiger partial charge in [-0.3, -0.25) is 9.59 Å². The first-order valence-electron chi connectivity index (χ1n) is 7.49. The van der Waals surface area contributed by atoms with E-state index in [1.807, 2.05) is 6.07 Å². The molecule has 4 N–H and O–H groups in total. The standard InChI is InChI=1S/C17H19N3O4S/c1-25(23,24)20-10-9-19-17(22)15-4-2-3-14(11-15)12-5-7-13(8-6-12)16(18)21/h2-8,11,20H,9-10H2,1H3,(H2,18,21)(H,19,22). The van der Waals surface area contributed by atoms with Crippen LogP contribution in [0.5, 0.6) is 0 Å². The van der Waals surface area contributed by atoms with Crippen LogP contribution in [0.3, 0.4) is 0 Å². The predicted molar refractivity (Wildman–Crippen MR) is 95.6 cm³/mol. The molecule has 2 aromatic carbocycles. The second-order valence-corrected chi connectivity index (χ2v) is 7.28. The van der Waals surface area contributed by atoms with Crippen LogP contribution in [0, 0.1) is 0 Å². The van der Waals surface area contributed by atoms with Crippen molar-refractivity contribution in [2.45, 2.75) is 0 Å². The first-order valence-corrected chi connectivity index (χ1v) is 9.38. The molecule has 0 spiro atoms. The van der Waals surface area contributed by atoms with Crippen molar-refractivity contribution in [3.8, 4) is 11.1 Å². The Bertz CT molecular complexity index is 877. The fourth-order valence-electron chi connectivity index (χ4n) is 2.18. The summed E-state index contributed by atoms with van der Waals surface area (Å²) in [4.78, 5) is 23.3. The third-order valence-electron chi connectivity index (χ3n) is 3.40. The van der Waals surface area contributed by atoms with Crippen LogP contribution in [0.1, 0.15) is 20.7 Å². The molecule has 2 aromatic rings. The van der Waals surface area contributed by atoms with E-state index in [4.69, 9.17) is 5.73 Å². The molecule has 2 amide bonds. The van der Waals surface area contributed by atoms with E-state index in [1.54, 1.807) is 42.5 Å². The van der Waals surface area contributed by atoms with Gasteiger partial charge in [-0.15, -0.1) is 0 Å². The molecule has 7 nitrogen and oxygen atoms in total. The Hall–Kier alpha value is -2.71. The highest BCUT2D eigenvalue weighted by molar-refractivity contribution is 7.88. The van der Waals surface area contributed by atoms with Gasteiger partial charge in [0.1, 0.15) is 0 Å². The quantitative estimate of drug-likeness (QED) is 0.630. The van der Waals surface area contributed by atoms with Gasteiger partial charge in [0.05, 0.1) is 6.26 Å². The molecule has 0 fully saturated rings. The summed E-state index contributed by atoms with van der Waals surface area (Å²) in [6.45, 7) is 0.308. The van der Waals surface area contributed by atoms with Crippen LogP contribution in [0.15, 0.2) is 48.5 Å². The molecule has 0 saturated carbocycles. The Kier molecular flexibility index (Phi) is 5.89. The summed E-state index contributed by atoms with van der Waals surface area (Å²) in [5.41, 5.74) is 7.75. The van der Waals surface area contributed by atoms with Crippen LogP contribution in [0.25, 0.3) is 11.1 Å². The second kappa shape index (κ2) is 7.91. The van der Waals surface area contributed by atoms with Crippen molar-refractivity contribution in [2.24, 2.45) is 5.73 Å². The number of rotatable bonds is 7. The molecule has 132 valence electrons. The smallest absolute Gasteiger partial charge is 0.251 e. The number of hydrogen-bond acceptors (Lipinski definition) is 4. The third kappa shape index (κ3) is 5.70. The van der Waals surface area contributed by atoms with Gasteiger partial charge in [-0.1, -0.05) is 24.3 Å². The molecule has 2 rings (SSSR count). The van der Waals surface area contributed by atoms with E-state index in [0.29, 0.717) is 11.1 Å². The highest BCUT2D eigenvalue weighted by Gasteiger charge is 2.08. The van der Waals surface area contributed by atoms with Crippen LogP contribution in [-0.4, -0.2) is 39.6 Å². The van der Waals surface area contributed by atoms with Crippen molar-refractivity contribution in [3.63, 3.8) is 0 Å². The molecule has 0 aromatic heterocycles. The zero-order chi connectivity index (χ0) is 18.4. The molecule has 0 bridgehead atoms. The van der Waals surface area contributed by atoms with Gasteiger partial charge in [0.25, 0.3) is 5.91 Å². The third-order valence-corrected chi connectivity index (χ3v) is 4.13. The molecule has 25 heavy (non-hydrogen) atoms. The van der Waals surface area contributed by atoms with Crippen molar-refractivity contribution in [3.05, 3.63) is 59.7 Å². The van der Waals surface area contributed by atoms with E-state index in [9.17, 15) is 18.0 Å². The maximum Gasteiger partial charge on any atom is 0.251 e. The topological polar surface area (TPSA) is 118 Å². The Labute approximate surface area is 146 Å². The number of nitrogens with two attached hydrogens (primary N) is 1. The monoisotopic (exact) mass is 361 g/mol. The Balaban J connectivity index is 2.05. The number of nitrogens with one attached hydrogen (secondary N) is 2. The van der Waals surface area contributed by atoms with Gasteiger partial charge >= 0.3 is 0 Å². The molecule has 8 heteroatoms. The lowest BCUT2D eigenvalue weighted by atomic mass is 10.0. The van der Waals surface area contributed by atoms with E-state index in [0.717, 1.165) is 17.4 Å². The fraction of sp³-hybridized carbons (Fsp3) is 0.176. The minimum atomic E-state index is -3.27. The number of benzene rings is 2. The summed E-state index contributed by atoms with van der Waals surface area (Å²) in [6.07, 6.45) is 1.06. The number of sulfonamides is 1. The molecular weight excluding hydrogens is 342 g/mol. The summed E-state index contributed by atoms with van der Waals surface area (Å²) in [5, 5.41) is 2.65. The minimum absolute atomic E-state index is 0.124. The van der Waals surface area contributed by atoms with E-state index in [2.05, 4.69) is 10.0 Å². The highest BCUT2D eigenvalue weighted by atomic mass is 32.2. The lowest BCUT2D eigenvalue weighted by molar-refractivity contribution is 0.0953. The molecule has 0 atom stereocenters. The summed E-state index contributed by atoms with van der Waals surface area (Å²) in [5.74, 6) is -0.798. The minimum Gasteiger partial charge on any atom is -0.366 e. The van der Waals surface area contributed by atoms with Gasteiger partial charge in [-0.05, 0) is 35.4 Å². The summed E-state index contributed by atoms with van der Waals surface area (Å²) < 4.78 is 24.2.